The van der Waals surface area contributed by atoms with Gasteiger partial charge in [0.05, 0.1) is 12.6 Å². The van der Waals surface area contributed by atoms with E-state index in [1.807, 2.05) is 25.2 Å². The summed E-state index contributed by atoms with van der Waals surface area (Å²) in [4.78, 5) is 0. The number of hydrogen-bond donors (Lipinski definition) is 1. The monoisotopic (exact) mass is 177 g/mol. The van der Waals surface area contributed by atoms with Gasteiger partial charge < -0.3 is 10.5 Å². The highest BCUT2D eigenvalue weighted by Crippen LogP contribution is 2.24. The van der Waals surface area contributed by atoms with Crippen LogP contribution in [0, 0.1) is 0 Å². The Morgan fingerprint density at radius 1 is 1.46 bits per heavy atom. The minimum atomic E-state index is 0.661. The highest BCUT2D eigenvalue weighted by Gasteiger charge is 2.05. The van der Waals surface area contributed by atoms with Crippen LogP contribution in [0.25, 0.3) is 10.9 Å². The van der Waals surface area contributed by atoms with Crippen molar-refractivity contribution in [3.05, 3.63) is 18.2 Å². The number of fused-ring (bicyclic) bond motifs is 1. The molecule has 0 amide bonds. The van der Waals surface area contributed by atoms with E-state index in [-0.39, 0.29) is 0 Å². The average molecular weight is 177 g/mol. The van der Waals surface area contributed by atoms with Crippen LogP contribution in [0.3, 0.4) is 0 Å². The van der Waals surface area contributed by atoms with Crippen molar-refractivity contribution >= 4 is 16.7 Å². The second-order valence-corrected chi connectivity index (χ2v) is 2.89. The van der Waals surface area contributed by atoms with Gasteiger partial charge in [0, 0.05) is 12.4 Å². The average Bonchev–Trinajstić information content (AvgIpc) is 2.43. The highest BCUT2D eigenvalue weighted by atomic mass is 16.5. The van der Waals surface area contributed by atoms with Crippen LogP contribution in [0.1, 0.15) is 0 Å². The topological polar surface area (TPSA) is 53.1 Å². The van der Waals surface area contributed by atoms with Gasteiger partial charge in [-0.05, 0) is 18.2 Å². The van der Waals surface area contributed by atoms with E-state index in [9.17, 15) is 0 Å². The molecule has 13 heavy (non-hydrogen) atoms. The number of aromatic nitrogens is 2. The standard InChI is InChI=1S/C9H11N3O/c1-12-9(10)7-5-6(13-2)3-4-8(7)11-12/h3-5H,10H2,1-2H3. The Kier molecular flexibility index (Phi) is 1.62. The lowest BCUT2D eigenvalue weighted by Gasteiger charge is -1.97. The lowest BCUT2D eigenvalue weighted by Crippen LogP contribution is -1.96. The fourth-order valence-electron chi connectivity index (χ4n) is 1.32. The Morgan fingerprint density at radius 2 is 2.23 bits per heavy atom. The first kappa shape index (κ1) is 7.91. The first-order chi connectivity index (χ1) is 6.22. The van der Waals surface area contributed by atoms with Gasteiger partial charge in [0.1, 0.15) is 11.6 Å². The zero-order valence-corrected chi connectivity index (χ0v) is 7.61. The van der Waals surface area contributed by atoms with Crippen LogP contribution in [-0.2, 0) is 7.05 Å². The zero-order chi connectivity index (χ0) is 9.42. The number of hydrogen-bond acceptors (Lipinski definition) is 3. The maximum atomic E-state index is 5.81. The van der Waals surface area contributed by atoms with Crippen molar-refractivity contribution in [1.29, 1.82) is 0 Å². The summed E-state index contributed by atoms with van der Waals surface area (Å²) in [6, 6.07) is 5.65. The van der Waals surface area contributed by atoms with Crippen LogP contribution < -0.4 is 10.5 Å². The van der Waals surface area contributed by atoms with E-state index in [1.165, 1.54) is 0 Å². The SMILES string of the molecule is COc1ccc2nn(C)c(N)c2c1. The molecule has 2 aromatic rings. The summed E-state index contributed by atoms with van der Waals surface area (Å²) in [5, 5.41) is 5.16. The lowest BCUT2D eigenvalue weighted by molar-refractivity contribution is 0.415. The van der Waals surface area contributed by atoms with E-state index in [4.69, 9.17) is 10.5 Å². The van der Waals surface area contributed by atoms with Gasteiger partial charge in [-0.15, -0.1) is 0 Å². The predicted molar refractivity (Wildman–Crippen MR) is 51.7 cm³/mol. The summed E-state index contributed by atoms with van der Waals surface area (Å²) in [5.41, 5.74) is 6.70. The van der Waals surface area contributed by atoms with Gasteiger partial charge in [-0.1, -0.05) is 0 Å². The van der Waals surface area contributed by atoms with Gasteiger partial charge in [-0.25, -0.2) is 0 Å². The summed E-state index contributed by atoms with van der Waals surface area (Å²) in [7, 11) is 3.45. The highest BCUT2D eigenvalue weighted by molar-refractivity contribution is 5.90. The molecule has 0 radical (unpaired) electrons. The molecule has 4 heteroatoms. The number of rotatable bonds is 1. The van der Waals surface area contributed by atoms with Crippen LogP contribution >= 0.6 is 0 Å². The quantitative estimate of drug-likeness (QED) is 0.711. The molecular weight excluding hydrogens is 166 g/mol. The van der Waals surface area contributed by atoms with Gasteiger partial charge >= 0.3 is 0 Å². The first-order valence-electron chi connectivity index (χ1n) is 3.98. The van der Waals surface area contributed by atoms with E-state index in [2.05, 4.69) is 5.10 Å². The molecule has 1 aromatic carbocycles. The predicted octanol–water partition coefficient (Wildman–Crippen LogP) is 1.16. The van der Waals surface area contributed by atoms with Crippen LogP contribution in [0.4, 0.5) is 5.82 Å². The van der Waals surface area contributed by atoms with Crippen molar-refractivity contribution in [1.82, 2.24) is 9.78 Å². The maximum Gasteiger partial charge on any atom is 0.129 e. The van der Waals surface area contributed by atoms with Gasteiger partial charge in [0.15, 0.2) is 0 Å². The summed E-state index contributed by atoms with van der Waals surface area (Å²) in [5.74, 6) is 1.46. The molecule has 0 aliphatic heterocycles. The summed E-state index contributed by atoms with van der Waals surface area (Å²) in [6.07, 6.45) is 0. The molecule has 68 valence electrons. The second kappa shape index (κ2) is 2.65. The molecule has 0 saturated carbocycles. The van der Waals surface area contributed by atoms with Crippen LogP contribution in [0.5, 0.6) is 5.75 Å². The minimum absolute atomic E-state index is 0.661. The van der Waals surface area contributed by atoms with E-state index < -0.39 is 0 Å². The Hall–Kier alpha value is -1.71. The number of methoxy groups -OCH3 is 1. The largest absolute Gasteiger partial charge is 0.497 e. The molecule has 0 unspecified atom stereocenters. The number of nitrogen functional groups attached to an aromatic ring is 1. The van der Waals surface area contributed by atoms with Crippen molar-refractivity contribution < 1.29 is 4.74 Å². The zero-order valence-electron chi connectivity index (χ0n) is 7.61. The Labute approximate surface area is 75.9 Å². The molecule has 0 saturated heterocycles. The summed E-state index contributed by atoms with van der Waals surface area (Å²) < 4.78 is 6.75. The minimum Gasteiger partial charge on any atom is -0.497 e. The molecule has 0 atom stereocenters. The number of aryl methyl sites for hydroxylation is 1. The molecule has 2 N–H and O–H groups in total. The molecule has 1 aromatic heterocycles. The third kappa shape index (κ3) is 1.11. The van der Waals surface area contributed by atoms with Gasteiger partial charge in [0.25, 0.3) is 0 Å². The van der Waals surface area contributed by atoms with Crippen molar-refractivity contribution in [3.8, 4) is 5.75 Å². The van der Waals surface area contributed by atoms with Crippen molar-refractivity contribution in [2.24, 2.45) is 7.05 Å². The molecule has 0 fully saturated rings. The first-order valence-corrected chi connectivity index (χ1v) is 3.98. The fourth-order valence-corrected chi connectivity index (χ4v) is 1.32. The molecule has 0 aliphatic rings. The van der Waals surface area contributed by atoms with E-state index in [0.717, 1.165) is 16.7 Å². The smallest absolute Gasteiger partial charge is 0.129 e. The number of benzene rings is 1. The maximum absolute atomic E-state index is 5.81. The van der Waals surface area contributed by atoms with Gasteiger partial charge in [-0.3, -0.25) is 4.68 Å². The number of nitrogens with two attached hydrogens (primary N) is 1. The van der Waals surface area contributed by atoms with Crippen LogP contribution in [0.2, 0.25) is 0 Å². The molecule has 2 rings (SSSR count). The molecule has 0 bridgehead atoms. The van der Waals surface area contributed by atoms with Crippen molar-refractivity contribution in [3.63, 3.8) is 0 Å². The Balaban J connectivity index is 2.75. The second-order valence-electron chi connectivity index (χ2n) is 2.89. The van der Waals surface area contributed by atoms with Crippen molar-refractivity contribution in [2.75, 3.05) is 12.8 Å². The Morgan fingerprint density at radius 3 is 2.92 bits per heavy atom. The number of nitrogens with zero attached hydrogens (tertiary/aromatic N) is 2. The fraction of sp³-hybridized carbons (Fsp3) is 0.222. The van der Waals surface area contributed by atoms with E-state index in [0.29, 0.717) is 5.82 Å². The van der Waals surface area contributed by atoms with E-state index >= 15 is 0 Å². The van der Waals surface area contributed by atoms with Crippen LogP contribution in [0.15, 0.2) is 18.2 Å². The van der Waals surface area contributed by atoms with Gasteiger partial charge in [-0.2, -0.15) is 5.10 Å². The van der Waals surface area contributed by atoms with E-state index in [1.54, 1.807) is 11.8 Å². The third-order valence-corrected chi connectivity index (χ3v) is 2.09. The molecule has 4 nitrogen and oxygen atoms in total. The molecule has 1 heterocycles. The lowest BCUT2D eigenvalue weighted by atomic mass is 10.2. The Bertz CT molecular complexity index is 447. The number of anilines is 1. The van der Waals surface area contributed by atoms with Crippen molar-refractivity contribution in [2.45, 2.75) is 0 Å². The molecular formula is C9H11N3O. The third-order valence-electron chi connectivity index (χ3n) is 2.09. The normalized spacial score (nSPS) is 10.6. The summed E-state index contributed by atoms with van der Waals surface area (Å²) >= 11 is 0. The molecule has 0 aliphatic carbocycles. The van der Waals surface area contributed by atoms with Gasteiger partial charge in [0.2, 0.25) is 0 Å². The molecule has 0 spiro atoms. The van der Waals surface area contributed by atoms with Crippen LogP contribution in [-0.4, -0.2) is 16.9 Å². The number of ether oxygens (including phenoxy) is 1. The summed E-state index contributed by atoms with van der Waals surface area (Å²) in [6.45, 7) is 0.